The zero-order valence-corrected chi connectivity index (χ0v) is 10.2. The molecule has 0 N–H and O–H groups in total. The predicted octanol–water partition coefficient (Wildman–Crippen LogP) is 1.84. The molecule has 3 heterocycles. The highest BCUT2D eigenvalue weighted by Crippen LogP contribution is 2.19. The summed E-state index contributed by atoms with van der Waals surface area (Å²) in [4.78, 5) is 0. The molecule has 0 aliphatic carbocycles. The molecule has 0 aromatic carbocycles. The van der Waals surface area contributed by atoms with Crippen LogP contribution in [0, 0.1) is 0 Å². The Hall–Kier alpha value is -2.14. The van der Waals surface area contributed by atoms with Gasteiger partial charge in [-0.2, -0.15) is 10.2 Å². The summed E-state index contributed by atoms with van der Waals surface area (Å²) < 4.78 is 8.78. The first-order valence-electron chi connectivity index (χ1n) is 5.82. The molecule has 0 bridgehead atoms. The first kappa shape index (κ1) is 11.0. The van der Waals surface area contributed by atoms with Crippen LogP contribution in [0.1, 0.15) is 0 Å². The van der Waals surface area contributed by atoms with Gasteiger partial charge in [0.25, 0.3) is 0 Å². The maximum Gasteiger partial charge on any atom is 0.0661 e. The average Bonchev–Trinajstić information content (AvgIpc) is 3.04. The fourth-order valence-electron chi connectivity index (χ4n) is 1.90. The number of hydrogen-bond acceptors (Lipinski definition) is 3. The van der Waals surface area contributed by atoms with Gasteiger partial charge in [-0.05, 0) is 12.1 Å². The fraction of sp³-hybridized carbons (Fsp3) is 0.231. The van der Waals surface area contributed by atoms with Crippen molar-refractivity contribution in [2.45, 2.75) is 6.54 Å². The topological polar surface area (TPSA) is 44.4 Å². The molecule has 92 valence electrons. The normalized spacial score (nSPS) is 11.2. The van der Waals surface area contributed by atoms with Crippen LogP contribution in [0.5, 0.6) is 0 Å². The van der Waals surface area contributed by atoms with Crippen molar-refractivity contribution < 1.29 is 4.74 Å². The minimum Gasteiger partial charge on any atom is -0.383 e. The van der Waals surface area contributed by atoms with Gasteiger partial charge in [-0.15, -0.1) is 0 Å². The molecule has 5 heteroatoms. The van der Waals surface area contributed by atoms with Crippen LogP contribution >= 0.6 is 0 Å². The third-order valence-electron chi connectivity index (χ3n) is 2.89. The standard InChI is InChI=1S/C13H14N4O/c1-18-7-6-16-9-12(8-15-16)11-2-3-13-4-5-14-17(13)10-11/h2-5,8-10H,6-7H2,1H3. The summed E-state index contributed by atoms with van der Waals surface area (Å²) >= 11 is 0. The lowest BCUT2D eigenvalue weighted by Gasteiger charge is -2.00. The van der Waals surface area contributed by atoms with Gasteiger partial charge in [-0.3, -0.25) is 4.68 Å². The zero-order valence-electron chi connectivity index (χ0n) is 10.2. The maximum atomic E-state index is 5.03. The van der Waals surface area contributed by atoms with Crippen molar-refractivity contribution in [1.82, 2.24) is 19.4 Å². The largest absolute Gasteiger partial charge is 0.383 e. The summed E-state index contributed by atoms with van der Waals surface area (Å²) in [6, 6.07) is 6.11. The Balaban J connectivity index is 1.90. The quantitative estimate of drug-likeness (QED) is 0.701. The van der Waals surface area contributed by atoms with E-state index in [1.165, 1.54) is 0 Å². The van der Waals surface area contributed by atoms with Gasteiger partial charge in [0, 0.05) is 36.8 Å². The molecule has 0 atom stereocenters. The highest BCUT2D eigenvalue weighted by Gasteiger charge is 2.03. The van der Waals surface area contributed by atoms with Crippen LogP contribution in [0.15, 0.2) is 43.0 Å². The van der Waals surface area contributed by atoms with E-state index in [1.54, 1.807) is 13.3 Å². The second-order valence-electron chi connectivity index (χ2n) is 4.10. The third-order valence-corrected chi connectivity index (χ3v) is 2.89. The lowest BCUT2D eigenvalue weighted by atomic mass is 10.1. The van der Waals surface area contributed by atoms with E-state index in [0.717, 1.165) is 23.2 Å². The zero-order chi connectivity index (χ0) is 12.4. The molecule has 0 spiro atoms. The monoisotopic (exact) mass is 242 g/mol. The third kappa shape index (κ3) is 2.00. The van der Waals surface area contributed by atoms with E-state index in [0.29, 0.717) is 6.61 Å². The summed E-state index contributed by atoms with van der Waals surface area (Å²) in [6.45, 7) is 1.43. The minimum absolute atomic E-state index is 0.666. The van der Waals surface area contributed by atoms with Crippen molar-refractivity contribution in [2.75, 3.05) is 13.7 Å². The second kappa shape index (κ2) is 4.62. The van der Waals surface area contributed by atoms with E-state index in [-0.39, 0.29) is 0 Å². The number of fused-ring (bicyclic) bond motifs is 1. The summed E-state index contributed by atoms with van der Waals surface area (Å²) in [7, 11) is 1.69. The SMILES string of the molecule is COCCn1cc(-c2ccc3ccnn3c2)cn1. The number of ether oxygens (including phenoxy) is 1. The smallest absolute Gasteiger partial charge is 0.0661 e. The number of aromatic nitrogens is 4. The van der Waals surface area contributed by atoms with Crippen molar-refractivity contribution in [3.63, 3.8) is 0 Å². The Morgan fingerprint density at radius 1 is 1.11 bits per heavy atom. The number of nitrogens with zero attached hydrogens (tertiary/aromatic N) is 4. The molecule has 3 aromatic heterocycles. The number of hydrogen-bond donors (Lipinski definition) is 0. The van der Waals surface area contributed by atoms with Crippen LogP contribution in [-0.4, -0.2) is 33.1 Å². The summed E-state index contributed by atoms with van der Waals surface area (Å²) in [5.74, 6) is 0. The molecule has 0 unspecified atom stereocenters. The van der Waals surface area contributed by atoms with Crippen LogP contribution < -0.4 is 0 Å². The first-order valence-corrected chi connectivity index (χ1v) is 5.82. The fourth-order valence-corrected chi connectivity index (χ4v) is 1.90. The molecular formula is C13H14N4O. The Bertz CT molecular complexity index is 656. The van der Waals surface area contributed by atoms with Gasteiger partial charge in [0.15, 0.2) is 0 Å². The molecule has 0 aliphatic heterocycles. The number of methoxy groups -OCH3 is 1. The van der Waals surface area contributed by atoms with E-state index in [1.807, 2.05) is 33.9 Å². The van der Waals surface area contributed by atoms with E-state index in [2.05, 4.69) is 22.3 Å². The van der Waals surface area contributed by atoms with Gasteiger partial charge in [-0.1, -0.05) is 6.07 Å². The van der Waals surface area contributed by atoms with E-state index in [9.17, 15) is 0 Å². The molecule has 0 fully saturated rings. The van der Waals surface area contributed by atoms with E-state index in [4.69, 9.17) is 4.74 Å². The van der Waals surface area contributed by atoms with Gasteiger partial charge >= 0.3 is 0 Å². The van der Waals surface area contributed by atoms with E-state index >= 15 is 0 Å². The molecule has 0 amide bonds. The average molecular weight is 242 g/mol. The second-order valence-corrected chi connectivity index (χ2v) is 4.10. The van der Waals surface area contributed by atoms with Crippen LogP contribution in [0.25, 0.3) is 16.6 Å². The lowest BCUT2D eigenvalue weighted by molar-refractivity contribution is 0.183. The number of pyridine rings is 1. The highest BCUT2D eigenvalue weighted by atomic mass is 16.5. The van der Waals surface area contributed by atoms with Gasteiger partial charge in [-0.25, -0.2) is 4.52 Å². The van der Waals surface area contributed by atoms with Crippen molar-refractivity contribution in [3.8, 4) is 11.1 Å². The van der Waals surface area contributed by atoms with Crippen molar-refractivity contribution in [2.24, 2.45) is 0 Å². The number of rotatable bonds is 4. The van der Waals surface area contributed by atoms with Crippen molar-refractivity contribution in [1.29, 1.82) is 0 Å². The predicted molar refractivity (Wildman–Crippen MR) is 68.3 cm³/mol. The van der Waals surface area contributed by atoms with Gasteiger partial charge in [0.1, 0.15) is 0 Å². The van der Waals surface area contributed by atoms with E-state index < -0.39 is 0 Å². The minimum atomic E-state index is 0.666. The van der Waals surface area contributed by atoms with Crippen LogP contribution in [-0.2, 0) is 11.3 Å². The lowest BCUT2D eigenvalue weighted by Crippen LogP contribution is -2.03. The first-order chi connectivity index (χ1) is 8.86. The van der Waals surface area contributed by atoms with Crippen LogP contribution in [0.2, 0.25) is 0 Å². The van der Waals surface area contributed by atoms with Gasteiger partial charge < -0.3 is 4.74 Å². The summed E-state index contributed by atoms with van der Waals surface area (Å²) in [6.07, 6.45) is 7.68. The highest BCUT2D eigenvalue weighted by molar-refractivity contribution is 5.63. The summed E-state index contributed by atoms with van der Waals surface area (Å²) in [5, 5.41) is 8.54. The van der Waals surface area contributed by atoms with Crippen LogP contribution in [0.3, 0.4) is 0 Å². The Morgan fingerprint density at radius 3 is 2.94 bits per heavy atom. The Kier molecular flexibility index (Phi) is 2.82. The molecule has 18 heavy (non-hydrogen) atoms. The van der Waals surface area contributed by atoms with Crippen molar-refractivity contribution in [3.05, 3.63) is 43.0 Å². The Morgan fingerprint density at radius 2 is 2.06 bits per heavy atom. The molecule has 0 aliphatic rings. The Labute approximate surface area is 105 Å². The molecule has 3 aromatic rings. The molecule has 3 rings (SSSR count). The summed E-state index contributed by atoms with van der Waals surface area (Å²) in [5.41, 5.74) is 3.28. The molecule has 0 saturated carbocycles. The molecule has 0 radical (unpaired) electrons. The van der Waals surface area contributed by atoms with Crippen LogP contribution in [0.4, 0.5) is 0 Å². The molecule has 5 nitrogen and oxygen atoms in total. The molecular weight excluding hydrogens is 228 g/mol. The maximum absolute atomic E-state index is 5.03. The molecule has 0 saturated heterocycles. The van der Waals surface area contributed by atoms with Gasteiger partial charge in [0.2, 0.25) is 0 Å². The van der Waals surface area contributed by atoms with Crippen molar-refractivity contribution >= 4 is 5.52 Å². The van der Waals surface area contributed by atoms with Gasteiger partial charge in [0.05, 0.1) is 24.9 Å².